The number of carbonyl (C=O) groups excluding carboxylic acids is 2. The molecule has 0 aliphatic rings. The molecule has 1 heterocycles. The van der Waals surface area contributed by atoms with E-state index >= 15 is 0 Å². The molecule has 0 saturated carbocycles. The van der Waals surface area contributed by atoms with E-state index in [-0.39, 0.29) is 11.3 Å². The maximum atomic E-state index is 13.6. The molecule has 3 aromatic rings. The summed E-state index contributed by atoms with van der Waals surface area (Å²) < 4.78 is 59.7. The van der Waals surface area contributed by atoms with E-state index in [2.05, 4.69) is 10.3 Å². The van der Waals surface area contributed by atoms with Crippen LogP contribution in [0.2, 0.25) is 0 Å². The van der Waals surface area contributed by atoms with E-state index < -0.39 is 35.2 Å². The topological polar surface area (TPSA) is 98.1 Å². The Kier molecular flexibility index (Phi) is 6.18. The zero-order valence-corrected chi connectivity index (χ0v) is 15.9. The lowest BCUT2D eigenvalue weighted by atomic mass is 10.2. The van der Waals surface area contributed by atoms with Crippen LogP contribution in [-0.2, 0) is 6.18 Å². The predicted octanol–water partition coefficient (Wildman–Crippen LogP) is 2.90. The molecule has 2 N–H and O–H groups in total. The first kappa shape index (κ1) is 21.7. The quantitative estimate of drug-likeness (QED) is 0.473. The molecule has 162 valence electrons. The van der Waals surface area contributed by atoms with Gasteiger partial charge in [-0.25, -0.2) is 9.07 Å². The lowest BCUT2D eigenvalue weighted by Crippen LogP contribution is -2.42. The Hall–Kier alpha value is -3.96. The number of alkyl halides is 3. The maximum absolute atomic E-state index is 13.6. The molecule has 0 bridgehead atoms. The minimum atomic E-state index is -5.04. The van der Waals surface area contributed by atoms with Crippen LogP contribution < -0.4 is 15.6 Å². The van der Waals surface area contributed by atoms with Gasteiger partial charge in [-0.3, -0.25) is 20.4 Å². The lowest BCUT2D eigenvalue weighted by molar-refractivity contribution is -0.143. The van der Waals surface area contributed by atoms with Crippen molar-refractivity contribution in [2.24, 2.45) is 0 Å². The Balaban J connectivity index is 1.79. The van der Waals surface area contributed by atoms with Crippen molar-refractivity contribution in [1.29, 1.82) is 0 Å². The van der Waals surface area contributed by atoms with E-state index in [1.165, 1.54) is 36.4 Å². The Labute approximate surface area is 172 Å². The van der Waals surface area contributed by atoms with Gasteiger partial charge in [0.15, 0.2) is 11.4 Å². The van der Waals surface area contributed by atoms with Crippen molar-refractivity contribution in [3.05, 3.63) is 71.3 Å². The van der Waals surface area contributed by atoms with E-state index in [4.69, 9.17) is 4.74 Å². The molecule has 0 atom stereocenters. The minimum absolute atomic E-state index is 0.128. The van der Waals surface area contributed by atoms with Crippen LogP contribution >= 0.6 is 0 Å². The molecule has 12 heteroatoms. The smallest absolute Gasteiger partial charge is 0.435 e. The number of hydrogen-bond acceptors (Lipinski definition) is 5. The van der Waals surface area contributed by atoms with Crippen molar-refractivity contribution in [3.63, 3.8) is 0 Å². The van der Waals surface area contributed by atoms with Crippen LogP contribution in [0.5, 0.6) is 5.75 Å². The van der Waals surface area contributed by atoms with Crippen LogP contribution in [0.15, 0.2) is 48.5 Å². The first-order chi connectivity index (χ1) is 14.7. The van der Waals surface area contributed by atoms with Gasteiger partial charge in [0, 0.05) is 5.56 Å². The average Bonchev–Trinajstić information content (AvgIpc) is 3.18. The van der Waals surface area contributed by atoms with Gasteiger partial charge in [-0.05, 0) is 49.4 Å². The van der Waals surface area contributed by atoms with E-state index in [0.717, 1.165) is 12.1 Å². The normalized spacial score (nSPS) is 11.1. The summed E-state index contributed by atoms with van der Waals surface area (Å²) in [5.74, 6) is -2.40. The molecule has 0 saturated heterocycles. The van der Waals surface area contributed by atoms with Crippen molar-refractivity contribution in [2.45, 2.75) is 13.1 Å². The second-order valence-corrected chi connectivity index (χ2v) is 6.04. The number of carbonyl (C=O) groups is 2. The summed E-state index contributed by atoms with van der Waals surface area (Å²) in [6, 6.07) is 10.1. The van der Waals surface area contributed by atoms with E-state index in [9.17, 15) is 27.2 Å². The van der Waals surface area contributed by atoms with Crippen molar-refractivity contribution in [1.82, 2.24) is 25.8 Å². The first-order valence-electron chi connectivity index (χ1n) is 8.83. The highest BCUT2D eigenvalue weighted by Gasteiger charge is 2.42. The molecule has 8 nitrogen and oxygen atoms in total. The number of nitrogens with zero attached hydrogens (tertiary/aromatic N) is 3. The number of halogens is 4. The second kappa shape index (κ2) is 8.81. The van der Waals surface area contributed by atoms with E-state index in [1.807, 2.05) is 10.9 Å². The van der Waals surface area contributed by atoms with Gasteiger partial charge in [0.25, 0.3) is 11.8 Å². The van der Waals surface area contributed by atoms with Crippen molar-refractivity contribution >= 4 is 11.8 Å². The highest BCUT2D eigenvalue weighted by molar-refractivity contribution is 5.98. The molecule has 0 unspecified atom stereocenters. The van der Waals surface area contributed by atoms with Gasteiger partial charge in [0.1, 0.15) is 11.6 Å². The summed E-state index contributed by atoms with van der Waals surface area (Å²) in [6.07, 6.45) is -5.04. The van der Waals surface area contributed by atoms with Gasteiger partial charge in [0.2, 0.25) is 0 Å². The molecule has 3 rings (SSSR count). The molecule has 31 heavy (non-hydrogen) atoms. The van der Waals surface area contributed by atoms with Crippen LogP contribution in [-0.4, -0.2) is 33.4 Å². The lowest BCUT2D eigenvalue weighted by Gasteiger charge is -2.12. The monoisotopic (exact) mass is 437 g/mol. The molecule has 1 aromatic heterocycles. The van der Waals surface area contributed by atoms with Crippen LogP contribution in [0.4, 0.5) is 17.6 Å². The Morgan fingerprint density at radius 3 is 2.35 bits per heavy atom. The fourth-order valence-corrected chi connectivity index (χ4v) is 2.59. The van der Waals surface area contributed by atoms with Crippen molar-refractivity contribution in [2.75, 3.05) is 6.61 Å². The first-order valence-corrected chi connectivity index (χ1v) is 8.83. The largest absolute Gasteiger partial charge is 0.494 e. The Morgan fingerprint density at radius 2 is 1.74 bits per heavy atom. The number of benzene rings is 2. The summed E-state index contributed by atoms with van der Waals surface area (Å²) in [7, 11) is 0. The molecule has 2 aromatic carbocycles. The summed E-state index contributed by atoms with van der Waals surface area (Å²) in [6.45, 7) is 2.22. The molecular weight excluding hydrogens is 422 g/mol. The van der Waals surface area contributed by atoms with Gasteiger partial charge in [-0.1, -0.05) is 11.3 Å². The Bertz CT molecular complexity index is 1100. The maximum Gasteiger partial charge on any atom is 0.435 e. The molecular formula is C19H15F4N5O3. The molecule has 0 aliphatic heterocycles. The number of hydrogen-bond donors (Lipinski definition) is 2. The van der Waals surface area contributed by atoms with Gasteiger partial charge in [0.05, 0.1) is 12.3 Å². The molecule has 0 aliphatic carbocycles. The second-order valence-electron chi connectivity index (χ2n) is 6.04. The summed E-state index contributed by atoms with van der Waals surface area (Å²) in [5.41, 5.74) is 1.10. The summed E-state index contributed by atoms with van der Waals surface area (Å²) in [4.78, 5) is 24.4. The standard InChI is InChI=1S/C19H15F4N5O3/c1-2-31-14-8-6-11(7-9-14)17(29)25-26-18(30)15-16(19(21,22)23)28(27-24-15)13-5-3-4-12(20)10-13/h3-10H,2H2,1H3,(H,25,29)(H,26,30). The summed E-state index contributed by atoms with van der Waals surface area (Å²) >= 11 is 0. The van der Waals surface area contributed by atoms with Gasteiger partial charge >= 0.3 is 6.18 Å². The molecule has 0 fully saturated rings. The van der Waals surface area contributed by atoms with Crippen LogP contribution in [0.1, 0.15) is 33.5 Å². The zero-order chi connectivity index (χ0) is 22.6. The van der Waals surface area contributed by atoms with Crippen molar-refractivity contribution < 1.29 is 31.9 Å². The summed E-state index contributed by atoms with van der Waals surface area (Å²) in [5, 5.41) is 6.58. The van der Waals surface area contributed by atoms with E-state index in [1.54, 1.807) is 6.92 Å². The molecule has 0 spiro atoms. The highest BCUT2D eigenvalue weighted by Crippen LogP contribution is 2.32. The number of hydrazine groups is 1. The molecule has 2 amide bonds. The number of aromatic nitrogens is 3. The number of rotatable bonds is 5. The van der Waals surface area contributed by atoms with Gasteiger partial charge in [-0.15, -0.1) is 5.10 Å². The third kappa shape index (κ3) is 4.97. The fourth-order valence-electron chi connectivity index (χ4n) is 2.59. The SMILES string of the molecule is CCOc1ccc(C(=O)NNC(=O)c2nnn(-c3cccc(F)c3)c2C(F)(F)F)cc1. The minimum Gasteiger partial charge on any atom is -0.494 e. The van der Waals surface area contributed by atoms with Crippen LogP contribution in [0.3, 0.4) is 0 Å². The number of amides is 2. The van der Waals surface area contributed by atoms with E-state index in [0.29, 0.717) is 17.0 Å². The predicted molar refractivity (Wildman–Crippen MR) is 98.9 cm³/mol. The third-order valence-corrected chi connectivity index (χ3v) is 3.92. The Morgan fingerprint density at radius 1 is 1.06 bits per heavy atom. The third-order valence-electron chi connectivity index (χ3n) is 3.92. The van der Waals surface area contributed by atoms with Crippen molar-refractivity contribution in [3.8, 4) is 11.4 Å². The number of ether oxygens (including phenoxy) is 1. The van der Waals surface area contributed by atoms with Crippen LogP contribution in [0, 0.1) is 5.82 Å². The number of nitrogens with one attached hydrogen (secondary N) is 2. The van der Waals surface area contributed by atoms with Gasteiger partial charge < -0.3 is 4.74 Å². The molecule has 0 radical (unpaired) electrons. The highest BCUT2D eigenvalue weighted by atomic mass is 19.4. The average molecular weight is 437 g/mol. The fraction of sp³-hybridized carbons (Fsp3) is 0.158. The van der Waals surface area contributed by atoms with Gasteiger partial charge in [-0.2, -0.15) is 13.2 Å². The van der Waals surface area contributed by atoms with Crippen LogP contribution in [0.25, 0.3) is 5.69 Å². The zero-order valence-electron chi connectivity index (χ0n) is 15.9.